The molecule has 0 bridgehead atoms. The molecule has 0 spiro atoms. The Balaban J connectivity index is 2.57. The third-order valence-corrected chi connectivity index (χ3v) is 3.72. The average Bonchev–Trinajstić information content (AvgIpc) is 2.68. The molecule has 4 heteroatoms. The highest BCUT2D eigenvalue weighted by Crippen LogP contribution is 2.33. The molecule has 19 heavy (non-hydrogen) atoms. The highest BCUT2D eigenvalue weighted by Gasteiger charge is 2.37. The molecule has 4 nitrogen and oxygen atoms in total. The molecule has 1 heterocycles. The van der Waals surface area contributed by atoms with Crippen LogP contribution in [0.25, 0.3) is 0 Å². The molecule has 1 fully saturated rings. The number of rotatable bonds is 7. The van der Waals surface area contributed by atoms with Crippen molar-refractivity contribution in [2.24, 2.45) is 11.8 Å². The molecule has 1 saturated heterocycles. The number of likely N-dealkylation sites (tertiary alicyclic amines) is 1. The summed E-state index contributed by atoms with van der Waals surface area (Å²) >= 11 is 0. The molecule has 1 N–H and O–H groups in total. The van der Waals surface area contributed by atoms with E-state index in [0.29, 0.717) is 12.3 Å². The molecule has 106 valence electrons. The van der Waals surface area contributed by atoms with Crippen molar-refractivity contribution < 1.29 is 9.59 Å². The maximum atomic E-state index is 12.3. The fraction of sp³-hybridized carbons (Fsp3) is 0.600. The first kappa shape index (κ1) is 15.5. The van der Waals surface area contributed by atoms with Crippen molar-refractivity contribution >= 4 is 11.8 Å². The first-order valence-electron chi connectivity index (χ1n) is 6.90. The maximum Gasteiger partial charge on any atom is 0.244 e. The Labute approximate surface area is 115 Å². The van der Waals surface area contributed by atoms with Crippen LogP contribution in [0.3, 0.4) is 0 Å². The van der Waals surface area contributed by atoms with E-state index in [0.717, 1.165) is 25.0 Å². The number of unbranched alkanes of at least 4 members (excludes halogenated alkanes) is 1. The fourth-order valence-electron chi connectivity index (χ4n) is 2.40. The minimum absolute atomic E-state index is 0.0136. The molecule has 2 amide bonds. The van der Waals surface area contributed by atoms with Gasteiger partial charge in [-0.1, -0.05) is 39.8 Å². The number of hydrogen-bond acceptors (Lipinski definition) is 2. The van der Waals surface area contributed by atoms with Crippen LogP contribution in [0.5, 0.6) is 0 Å². The number of nitrogens with zero attached hydrogens (tertiary/aromatic N) is 1. The van der Waals surface area contributed by atoms with Crippen molar-refractivity contribution in [1.82, 2.24) is 10.2 Å². The Kier molecular flexibility index (Phi) is 5.80. The Morgan fingerprint density at radius 2 is 2.32 bits per heavy atom. The summed E-state index contributed by atoms with van der Waals surface area (Å²) in [6.07, 6.45) is 5.25. The van der Waals surface area contributed by atoms with Crippen molar-refractivity contribution in [2.45, 2.75) is 39.5 Å². The molecule has 1 aliphatic heterocycles. The molecule has 0 saturated carbocycles. The third kappa shape index (κ3) is 3.94. The SMILES string of the molecule is C=CC(=O)NCN1C(=C)CC(C(C)CCCC)C1=O. The van der Waals surface area contributed by atoms with Crippen LogP contribution in [0.2, 0.25) is 0 Å². The summed E-state index contributed by atoms with van der Waals surface area (Å²) in [4.78, 5) is 25.0. The second kappa shape index (κ2) is 7.12. The van der Waals surface area contributed by atoms with Crippen LogP contribution in [0.4, 0.5) is 0 Å². The zero-order valence-electron chi connectivity index (χ0n) is 11.9. The van der Waals surface area contributed by atoms with E-state index in [-0.39, 0.29) is 24.4 Å². The summed E-state index contributed by atoms with van der Waals surface area (Å²) in [6.45, 7) is 11.8. The topological polar surface area (TPSA) is 49.4 Å². The lowest BCUT2D eigenvalue weighted by Gasteiger charge is -2.20. The van der Waals surface area contributed by atoms with E-state index in [4.69, 9.17) is 0 Å². The summed E-state index contributed by atoms with van der Waals surface area (Å²) in [6, 6.07) is 0. The van der Waals surface area contributed by atoms with E-state index in [9.17, 15) is 9.59 Å². The van der Waals surface area contributed by atoms with E-state index in [1.165, 1.54) is 6.08 Å². The predicted molar refractivity (Wildman–Crippen MR) is 76.0 cm³/mol. The highest BCUT2D eigenvalue weighted by atomic mass is 16.2. The smallest absolute Gasteiger partial charge is 0.244 e. The van der Waals surface area contributed by atoms with E-state index in [2.05, 4.69) is 32.3 Å². The zero-order chi connectivity index (χ0) is 14.4. The molecule has 2 unspecified atom stereocenters. The first-order valence-corrected chi connectivity index (χ1v) is 6.90. The number of carbonyl (C=O) groups excluding carboxylic acids is 2. The Bertz CT molecular complexity index is 376. The number of nitrogens with one attached hydrogen (secondary N) is 1. The molecule has 0 aromatic carbocycles. The second-order valence-electron chi connectivity index (χ2n) is 5.17. The van der Waals surface area contributed by atoms with E-state index < -0.39 is 0 Å². The van der Waals surface area contributed by atoms with Crippen LogP contribution >= 0.6 is 0 Å². The van der Waals surface area contributed by atoms with Gasteiger partial charge in [-0.2, -0.15) is 0 Å². The minimum atomic E-state index is -0.275. The van der Waals surface area contributed by atoms with Gasteiger partial charge in [-0.3, -0.25) is 14.5 Å². The Morgan fingerprint density at radius 3 is 2.89 bits per heavy atom. The highest BCUT2D eigenvalue weighted by molar-refractivity contribution is 5.88. The summed E-state index contributed by atoms with van der Waals surface area (Å²) < 4.78 is 0. The molecule has 1 rings (SSSR count). The van der Waals surface area contributed by atoms with Crippen LogP contribution in [0.15, 0.2) is 24.9 Å². The maximum absolute atomic E-state index is 12.3. The lowest BCUT2D eigenvalue weighted by atomic mass is 9.88. The van der Waals surface area contributed by atoms with E-state index in [1.807, 2.05) is 0 Å². The van der Waals surface area contributed by atoms with Crippen LogP contribution < -0.4 is 5.32 Å². The van der Waals surface area contributed by atoms with Crippen molar-refractivity contribution in [3.63, 3.8) is 0 Å². The quantitative estimate of drug-likeness (QED) is 0.718. The number of carbonyl (C=O) groups is 2. The van der Waals surface area contributed by atoms with Gasteiger partial charge >= 0.3 is 0 Å². The molecule has 2 atom stereocenters. The van der Waals surface area contributed by atoms with Crippen LogP contribution in [-0.2, 0) is 9.59 Å². The lowest BCUT2D eigenvalue weighted by molar-refractivity contribution is -0.132. The zero-order valence-corrected chi connectivity index (χ0v) is 11.9. The standard InChI is InChI=1S/C15H24N2O2/c1-5-7-8-11(3)13-9-12(4)17(15(13)19)10-16-14(18)6-2/h6,11,13H,2,4-5,7-10H2,1,3H3,(H,16,18). The van der Waals surface area contributed by atoms with Crippen LogP contribution in [-0.4, -0.2) is 23.4 Å². The van der Waals surface area contributed by atoms with Gasteiger partial charge in [0.2, 0.25) is 11.8 Å². The van der Waals surface area contributed by atoms with Gasteiger partial charge in [0.15, 0.2) is 0 Å². The normalized spacial score (nSPS) is 20.5. The summed E-state index contributed by atoms with van der Waals surface area (Å²) in [5.74, 6) is 0.185. The molecule has 1 aliphatic rings. The van der Waals surface area contributed by atoms with E-state index >= 15 is 0 Å². The summed E-state index contributed by atoms with van der Waals surface area (Å²) in [5.41, 5.74) is 0.794. The van der Waals surface area contributed by atoms with Gasteiger partial charge in [-0.25, -0.2) is 0 Å². The Morgan fingerprint density at radius 1 is 1.63 bits per heavy atom. The monoisotopic (exact) mass is 264 g/mol. The van der Waals surface area contributed by atoms with Crippen LogP contribution in [0, 0.1) is 11.8 Å². The van der Waals surface area contributed by atoms with Crippen molar-refractivity contribution in [1.29, 1.82) is 0 Å². The van der Waals surface area contributed by atoms with Gasteiger partial charge in [0, 0.05) is 11.6 Å². The predicted octanol–water partition coefficient (Wildman–Crippen LogP) is 2.43. The van der Waals surface area contributed by atoms with E-state index in [1.54, 1.807) is 4.90 Å². The van der Waals surface area contributed by atoms with Gasteiger partial charge in [0.1, 0.15) is 0 Å². The molecule has 0 aromatic heterocycles. The first-order chi connectivity index (χ1) is 9.01. The van der Waals surface area contributed by atoms with Gasteiger partial charge in [0.25, 0.3) is 0 Å². The average molecular weight is 264 g/mol. The number of amides is 2. The van der Waals surface area contributed by atoms with Gasteiger partial charge in [-0.15, -0.1) is 0 Å². The molecule has 0 aromatic rings. The second-order valence-corrected chi connectivity index (χ2v) is 5.17. The summed E-state index contributed by atoms with van der Waals surface area (Å²) in [7, 11) is 0. The number of hydrogen-bond donors (Lipinski definition) is 1. The lowest BCUT2D eigenvalue weighted by Crippen LogP contribution is -2.38. The Hall–Kier alpha value is -1.58. The molecule has 0 radical (unpaired) electrons. The van der Waals surface area contributed by atoms with Crippen molar-refractivity contribution in [3.05, 3.63) is 24.9 Å². The van der Waals surface area contributed by atoms with Crippen molar-refractivity contribution in [2.75, 3.05) is 6.67 Å². The third-order valence-electron chi connectivity index (χ3n) is 3.72. The van der Waals surface area contributed by atoms with Gasteiger partial charge < -0.3 is 5.32 Å². The largest absolute Gasteiger partial charge is 0.335 e. The van der Waals surface area contributed by atoms with Gasteiger partial charge in [-0.05, 0) is 24.8 Å². The summed E-state index contributed by atoms with van der Waals surface area (Å²) in [5, 5.41) is 2.63. The molecule has 0 aliphatic carbocycles. The van der Waals surface area contributed by atoms with Crippen LogP contribution in [0.1, 0.15) is 39.5 Å². The minimum Gasteiger partial charge on any atom is -0.335 e. The molecular formula is C15H24N2O2. The van der Waals surface area contributed by atoms with Gasteiger partial charge in [0.05, 0.1) is 6.67 Å². The number of allylic oxidation sites excluding steroid dienone is 1. The van der Waals surface area contributed by atoms with Crippen molar-refractivity contribution in [3.8, 4) is 0 Å². The molecular weight excluding hydrogens is 240 g/mol. The fourth-order valence-corrected chi connectivity index (χ4v) is 2.40.